The topological polar surface area (TPSA) is 109 Å². The highest BCUT2D eigenvalue weighted by Gasteiger charge is 2.25. The zero-order valence-electron chi connectivity index (χ0n) is 15.8. The van der Waals surface area contributed by atoms with E-state index in [4.69, 9.17) is 26.6 Å². The monoisotopic (exact) mass is 423 g/mol. The van der Waals surface area contributed by atoms with E-state index >= 15 is 0 Å². The van der Waals surface area contributed by atoms with Gasteiger partial charge in [-0.25, -0.2) is 9.78 Å². The molecule has 150 valence electrons. The van der Waals surface area contributed by atoms with Gasteiger partial charge in [0, 0.05) is 16.8 Å². The van der Waals surface area contributed by atoms with Gasteiger partial charge < -0.3 is 9.47 Å². The molecule has 2 atom stereocenters. The molecule has 2 rings (SSSR count). The summed E-state index contributed by atoms with van der Waals surface area (Å²) in [6, 6.07) is 9.62. The zero-order chi connectivity index (χ0) is 20.6. The van der Waals surface area contributed by atoms with Crippen LogP contribution in [0.15, 0.2) is 40.8 Å². The Morgan fingerprint density at radius 1 is 1.39 bits per heavy atom. The molecule has 10 heteroatoms. The maximum Gasteiger partial charge on any atom is 0.413 e. The van der Waals surface area contributed by atoms with Crippen molar-refractivity contribution < 1.29 is 14.3 Å². The molecule has 8 nitrogen and oxygen atoms in total. The first-order valence-corrected chi connectivity index (χ1v) is 9.86. The Bertz CT molecular complexity index is 818. The largest absolute Gasteiger partial charge is 0.444 e. The van der Waals surface area contributed by atoms with Gasteiger partial charge in [0.1, 0.15) is 11.7 Å². The van der Waals surface area contributed by atoms with Gasteiger partial charge in [-0.2, -0.15) is 0 Å². The lowest BCUT2D eigenvalue weighted by Gasteiger charge is -2.20. The van der Waals surface area contributed by atoms with Crippen molar-refractivity contribution >= 4 is 34.2 Å². The summed E-state index contributed by atoms with van der Waals surface area (Å²) in [5.74, 6) is 0. The van der Waals surface area contributed by atoms with Crippen molar-refractivity contribution in [3.63, 3.8) is 0 Å². The van der Waals surface area contributed by atoms with E-state index in [1.807, 2.05) is 30.3 Å². The first-order valence-electron chi connectivity index (χ1n) is 8.54. The van der Waals surface area contributed by atoms with E-state index in [1.54, 1.807) is 26.2 Å². The number of anilines is 1. The molecule has 0 aliphatic carbocycles. The Morgan fingerprint density at radius 3 is 2.75 bits per heavy atom. The summed E-state index contributed by atoms with van der Waals surface area (Å²) in [7, 11) is 0. The predicted octanol–water partition coefficient (Wildman–Crippen LogP) is 5.67. The van der Waals surface area contributed by atoms with Crippen molar-refractivity contribution in [2.24, 2.45) is 5.11 Å². The minimum Gasteiger partial charge on any atom is -0.444 e. The summed E-state index contributed by atoms with van der Waals surface area (Å²) in [4.78, 5) is 19.0. The first kappa shape index (κ1) is 22.0. The first-order chi connectivity index (χ1) is 13.3. The normalized spacial score (nSPS) is 13.3. The second-order valence-corrected chi connectivity index (χ2v) is 8.27. The number of hydrogen-bond donors (Lipinski definition) is 1. The molecule has 0 aliphatic rings. The van der Waals surface area contributed by atoms with Gasteiger partial charge in [-0.15, -0.1) is 22.9 Å². The van der Waals surface area contributed by atoms with Crippen molar-refractivity contribution in [2.75, 3.05) is 11.9 Å². The molecule has 1 N–H and O–H groups in total. The van der Waals surface area contributed by atoms with Crippen molar-refractivity contribution in [1.82, 2.24) is 4.98 Å². The van der Waals surface area contributed by atoms with Gasteiger partial charge >= 0.3 is 6.09 Å². The average Bonchev–Trinajstić information content (AvgIpc) is 3.07. The van der Waals surface area contributed by atoms with Crippen molar-refractivity contribution in [3.8, 4) is 0 Å². The Labute approximate surface area is 172 Å². The molecule has 0 unspecified atom stereocenters. The fourth-order valence-corrected chi connectivity index (χ4v) is 3.19. The van der Waals surface area contributed by atoms with Crippen molar-refractivity contribution in [3.05, 3.63) is 57.4 Å². The average molecular weight is 424 g/mol. The molecule has 1 aromatic carbocycles. The molecule has 0 bridgehead atoms. The van der Waals surface area contributed by atoms with Gasteiger partial charge in [0.25, 0.3) is 0 Å². The number of alkyl halides is 1. The third kappa shape index (κ3) is 7.36. The summed E-state index contributed by atoms with van der Waals surface area (Å²) in [6.45, 7) is 5.70. The van der Waals surface area contributed by atoms with E-state index in [-0.39, 0.29) is 6.54 Å². The number of amides is 1. The van der Waals surface area contributed by atoms with Crippen LogP contribution in [0.3, 0.4) is 0 Å². The van der Waals surface area contributed by atoms with Crippen LogP contribution in [0.5, 0.6) is 0 Å². The molecule has 0 spiro atoms. The van der Waals surface area contributed by atoms with E-state index in [9.17, 15) is 4.79 Å². The lowest BCUT2D eigenvalue weighted by Crippen LogP contribution is -2.27. The number of benzene rings is 1. The second kappa shape index (κ2) is 10.3. The lowest BCUT2D eigenvalue weighted by atomic mass is 10.2. The molecule has 2 aromatic rings. The van der Waals surface area contributed by atoms with Crippen molar-refractivity contribution in [1.29, 1.82) is 0 Å². The Kier molecular flexibility index (Phi) is 8.07. The highest BCUT2D eigenvalue weighted by molar-refractivity contribution is 7.13. The number of aromatic nitrogens is 1. The zero-order valence-corrected chi connectivity index (χ0v) is 17.4. The molecule has 1 amide bonds. The Morgan fingerprint density at radius 2 is 2.11 bits per heavy atom. The fourth-order valence-electron chi connectivity index (χ4n) is 2.21. The minimum atomic E-state index is -0.615. The summed E-state index contributed by atoms with van der Waals surface area (Å²) >= 11 is 7.62. The van der Waals surface area contributed by atoms with Gasteiger partial charge in [-0.3, -0.25) is 5.32 Å². The van der Waals surface area contributed by atoms with Crippen LogP contribution < -0.4 is 5.32 Å². The third-order valence-corrected chi connectivity index (χ3v) is 4.48. The predicted molar refractivity (Wildman–Crippen MR) is 110 cm³/mol. The van der Waals surface area contributed by atoms with Gasteiger partial charge in [0.15, 0.2) is 5.13 Å². The van der Waals surface area contributed by atoms with Crippen LogP contribution in [0.2, 0.25) is 0 Å². The number of carbonyl (C=O) groups excluding carboxylic acids is 1. The summed E-state index contributed by atoms with van der Waals surface area (Å²) in [5, 5.41) is 7.61. The number of nitrogens with one attached hydrogen (secondary N) is 1. The number of rotatable bonds is 8. The number of carbonyl (C=O) groups is 1. The van der Waals surface area contributed by atoms with Crippen LogP contribution in [-0.4, -0.2) is 28.6 Å². The second-order valence-electron chi connectivity index (χ2n) is 6.85. The van der Waals surface area contributed by atoms with Crippen LogP contribution >= 0.6 is 22.9 Å². The van der Waals surface area contributed by atoms with E-state index < -0.39 is 23.2 Å². The number of halogens is 1. The fraction of sp³-hybridized carbons (Fsp3) is 0.444. The van der Waals surface area contributed by atoms with Gasteiger partial charge in [-0.05, 0) is 31.9 Å². The van der Waals surface area contributed by atoms with Crippen molar-refractivity contribution in [2.45, 2.75) is 44.5 Å². The van der Waals surface area contributed by atoms with Crippen LogP contribution in [-0.2, 0) is 16.1 Å². The number of thiazole rings is 1. The lowest BCUT2D eigenvalue weighted by molar-refractivity contribution is 0.0357. The Balaban J connectivity index is 2.10. The maximum absolute atomic E-state index is 11.9. The highest BCUT2D eigenvalue weighted by atomic mass is 35.5. The Hall–Kier alpha value is -2.32. The van der Waals surface area contributed by atoms with Gasteiger partial charge in [-0.1, -0.05) is 35.4 Å². The molecular formula is C18H22ClN5O3S. The number of hydrogen-bond acceptors (Lipinski definition) is 6. The maximum atomic E-state index is 11.9. The smallest absolute Gasteiger partial charge is 0.413 e. The summed E-state index contributed by atoms with van der Waals surface area (Å²) in [5.41, 5.74) is 9.46. The van der Waals surface area contributed by atoms with E-state index in [1.165, 1.54) is 11.3 Å². The SMILES string of the molecule is CC(C)(C)OC(=O)Nc1nc([C@H](OCc2ccccc2)[C@@H](Cl)CN=[N+]=[N-])cs1. The molecular weight excluding hydrogens is 402 g/mol. The molecule has 0 radical (unpaired) electrons. The van der Waals surface area contributed by atoms with Gasteiger partial charge in [0.2, 0.25) is 0 Å². The quantitative estimate of drug-likeness (QED) is 0.255. The van der Waals surface area contributed by atoms with Crippen LogP contribution in [0.1, 0.15) is 38.1 Å². The molecule has 0 fully saturated rings. The molecule has 0 saturated carbocycles. The van der Waals surface area contributed by atoms with E-state index in [0.29, 0.717) is 17.4 Å². The minimum absolute atomic E-state index is 0.0455. The number of ether oxygens (including phenoxy) is 2. The number of azide groups is 1. The summed E-state index contributed by atoms with van der Waals surface area (Å²) < 4.78 is 11.2. The van der Waals surface area contributed by atoms with E-state index in [2.05, 4.69) is 20.3 Å². The molecule has 1 aromatic heterocycles. The molecule has 1 heterocycles. The summed E-state index contributed by atoms with van der Waals surface area (Å²) in [6.07, 6.45) is -1.20. The van der Waals surface area contributed by atoms with Crippen LogP contribution in [0, 0.1) is 0 Å². The number of nitrogens with zero attached hydrogens (tertiary/aromatic N) is 4. The standard InChI is InChI=1S/C18H22ClN5O3S/c1-18(2,3)27-17(25)23-16-22-14(11-28-16)15(13(19)9-21-24-20)26-10-12-7-5-4-6-8-12/h4-8,11,13,15H,9-10H2,1-3H3,(H,22,23,25)/t13-,15+/m0/s1. The molecule has 0 aliphatic heterocycles. The van der Waals surface area contributed by atoms with Crippen LogP contribution in [0.25, 0.3) is 10.4 Å². The van der Waals surface area contributed by atoms with Gasteiger partial charge in [0.05, 0.1) is 17.7 Å². The molecule has 28 heavy (non-hydrogen) atoms. The molecule has 0 saturated heterocycles. The van der Waals surface area contributed by atoms with Crippen LogP contribution in [0.4, 0.5) is 9.93 Å². The van der Waals surface area contributed by atoms with E-state index in [0.717, 1.165) is 5.56 Å². The third-order valence-electron chi connectivity index (χ3n) is 3.34. The highest BCUT2D eigenvalue weighted by Crippen LogP contribution is 2.30.